The minimum Gasteiger partial charge on any atom is -0.355 e. The van der Waals surface area contributed by atoms with Crippen molar-refractivity contribution in [1.82, 2.24) is 5.32 Å². The maximum absolute atomic E-state index is 12.0. The summed E-state index contributed by atoms with van der Waals surface area (Å²) in [6.45, 7) is 4.57. The van der Waals surface area contributed by atoms with Crippen LogP contribution in [0.4, 0.5) is 5.69 Å². The minimum absolute atomic E-state index is 0.133. The van der Waals surface area contributed by atoms with Gasteiger partial charge in [-0.3, -0.25) is 9.59 Å². The van der Waals surface area contributed by atoms with E-state index in [1.165, 1.54) is 18.4 Å². The van der Waals surface area contributed by atoms with E-state index in [1.807, 2.05) is 32.0 Å². The van der Waals surface area contributed by atoms with Crippen molar-refractivity contribution in [2.75, 3.05) is 11.9 Å². The SMILES string of the molecule is Cc1cccc(NC(=O)CC(=O)NCCC2=CCCCC2)c1C. The number of allylic oxidation sites excluding steroid dienone is 1. The predicted octanol–water partition coefficient (Wildman–Crippen LogP) is 3.64. The fourth-order valence-corrected chi connectivity index (χ4v) is 2.78. The number of hydrogen-bond donors (Lipinski definition) is 2. The standard InChI is InChI=1S/C19H26N2O2/c1-14-7-6-10-17(15(14)2)21-19(23)13-18(22)20-12-11-16-8-4-3-5-9-16/h6-8,10H,3-5,9,11-13H2,1-2H3,(H,20,22)(H,21,23). The van der Waals surface area contributed by atoms with E-state index < -0.39 is 0 Å². The molecule has 0 heterocycles. The van der Waals surface area contributed by atoms with Crippen molar-refractivity contribution in [2.24, 2.45) is 0 Å². The Balaban J connectivity index is 1.73. The zero-order valence-electron chi connectivity index (χ0n) is 14.1. The molecule has 0 fully saturated rings. The highest BCUT2D eigenvalue weighted by Gasteiger charge is 2.11. The molecule has 0 radical (unpaired) electrons. The van der Waals surface area contributed by atoms with Gasteiger partial charge in [0.25, 0.3) is 0 Å². The third-order valence-electron chi connectivity index (χ3n) is 4.35. The van der Waals surface area contributed by atoms with Crippen molar-refractivity contribution in [1.29, 1.82) is 0 Å². The Morgan fingerprint density at radius 3 is 2.70 bits per heavy atom. The molecule has 1 aliphatic carbocycles. The first-order chi connectivity index (χ1) is 11.1. The maximum atomic E-state index is 12.0. The van der Waals surface area contributed by atoms with E-state index in [-0.39, 0.29) is 18.2 Å². The number of aryl methyl sites for hydroxylation is 1. The van der Waals surface area contributed by atoms with Crippen LogP contribution in [0.25, 0.3) is 0 Å². The minimum atomic E-state index is -0.270. The number of carbonyl (C=O) groups excluding carboxylic acids is 2. The van der Waals surface area contributed by atoms with E-state index in [4.69, 9.17) is 0 Å². The molecule has 2 rings (SSSR count). The van der Waals surface area contributed by atoms with E-state index >= 15 is 0 Å². The lowest BCUT2D eigenvalue weighted by Gasteiger charge is -2.13. The van der Waals surface area contributed by atoms with E-state index in [2.05, 4.69) is 16.7 Å². The van der Waals surface area contributed by atoms with Gasteiger partial charge in [0.2, 0.25) is 11.8 Å². The molecule has 23 heavy (non-hydrogen) atoms. The molecule has 0 bridgehead atoms. The zero-order chi connectivity index (χ0) is 16.7. The number of benzene rings is 1. The first-order valence-corrected chi connectivity index (χ1v) is 8.37. The number of anilines is 1. The van der Waals surface area contributed by atoms with Gasteiger partial charge < -0.3 is 10.6 Å². The van der Waals surface area contributed by atoms with Crippen LogP contribution in [-0.4, -0.2) is 18.4 Å². The Labute approximate surface area is 138 Å². The lowest BCUT2D eigenvalue weighted by atomic mass is 9.97. The van der Waals surface area contributed by atoms with Crippen LogP contribution in [0.15, 0.2) is 29.8 Å². The van der Waals surface area contributed by atoms with Crippen LogP contribution in [-0.2, 0) is 9.59 Å². The average molecular weight is 314 g/mol. The Morgan fingerprint density at radius 2 is 1.96 bits per heavy atom. The summed E-state index contributed by atoms with van der Waals surface area (Å²) >= 11 is 0. The third-order valence-corrected chi connectivity index (χ3v) is 4.35. The quantitative estimate of drug-likeness (QED) is 0.622. The molecule has 1 aromatic rings. The van der Waals surface area contributed by atoms with Crippen molar-refractivity contribution < 1.29 is 9.59 Å². The normalized spacial score (nSPS) is 14.1. The fourth-order valence-electron chi connectivity index (χ4n) is 2.78. The van der Waals surface area contributed by atoms with Crippen LogP contribution in [0.3, 0.4) is 0 Å². The maximum Gasteiger partial charge on any atom is 0.233 e. The molecule has 0 atom stereocenters. The third kappa shape index (κ3) is 5.55. The van der Waals surface area contributed by atoms with Gasteiger partial charge in [-0.1, -0.05) is 23.8 Å². The van der Waals surface area contributed by atoms with E-state index in [0.717, 1.165) is 36.1 Å². The Kier molecular flexibility index (Phi) is 6.39. The summed E-state index contributed by atoms with van der Waals surface area (Å²) in [5.41, 5.74) is 4.35. The summed E-state index contributed by atoms with van der Waals surface area (Å²) in [4.78, 5) is 23.8. The predicted molar refractivity (Wildman–Crippen MR) is 93.3 cm³/mol. The molecule has 1 aromatic carbocycles. The van der Waals surface area contributed by atoms with Gasteiger partial charge >= 0.3 is 0 Å². The second-order valence-electron chi connectivity index (χ2n) is 6.18. The number of amides is 2. The van der Waals surface area contributed by atoms with Gasteiger partial charge in [0.15, 0.2) is 0 Å². The van der Waals surface area contributed by atoms with Crippen molar-refractivity contribution in [3.8, 4) is 0 Å². The molecule has 0 spiro atoms. The highest BCUT2D eigenvalue weighted by atomic mass is 16.2. The van der Waals surface area contributed by atoms with Crippen LogP contribution >= 0.6 is 0 Å². The molecule has 0 saturated heterocycles. The van der Waals surface area contributed by atoms with Crippen LogP contribution < -0.4 is 10.6 Å². The first-order valence-electron chi connectivity index (χ1n) is 8.37. The summed E-state index contributed by atoms with van der Waals surface area (Å²) < 4.78 is 0. The second-order valence-corrected chi connectivity index (χ2v) is 6.18. The molecule has 4 heteroatoms. The monoisotopic (exact) mass is 314 g/mol. The van der Waals surface area contributed by atoms with Crippen molar-refractivity contribution in [3.05, 3.63) is 41.0 Å². The van der Waals surface area contributed by atoms with Gasteiger partial charge in [-0.2, -0.15) is 0 Å². The highest BCUT2D eigenvalue weighted by molar-refractivity contribution is 6.03. The highest BCUT2D eigenvalue weighted by Crippen LogP contribution is 2.19. The van der Waals surface area contributed by atoms with Crippen LogP contribution in [0.5, 0.6) is 0 Å². The molecule has 0 unspecified atom stereocenters. The van der Waals surface area contributed by atoms with Crippen molar-refractivity contribution in [2.45, 2.75) is 52.4 Å². The average Bonchev–Trinajstić information content (AvgIpc) is 2.53. The van der Waals surface area contributed by atoms with Gasteiger partial charge in [-0.25, -0.2) is 0 Å². The molecule has 0 aromatic heterocycles. The molecule has 0 aliphatic heterocycles. The largest absolute Gasteiger partial charge is 0.355 e. The Bertz CT molecular complexity index is 605. The molecule has 2 N–H and O–H groups in total. The second kappa shape index (κ2) is 8.51. The van der Waals surface area contributed by atoms with Gasteiger partial charge in [-0.05, 0) is 63.1 Å². The summed E-state index contributed by atoms with van der Waals surface area (Å²) in [5.74, 6) is -0.489. The van der Waals surface area contributed by atoms with E-state index in [1.54, 1.807) is 0 Å². The van der Waals surface area contributed by atoms with Crippen LogP contribution in [0, 0.1) is 13.8 Å². The number of carbonyl (C=O) groups is 2. The first kappa shape index (κ1) is 17.3. The van der Waals surface area contributed by atoms with Crippen LogP contribution in [0.2, 0.25) is 0 Å². The lowest BCUT2D eigenvalue weighted by molar-refractivity contribution is -0.126. The topological polar surface area (TPSA) is 58.2 Å². The Morgan fingerprint density at radius 1 is 1.13 bits per heavy atom. The molecule has 0 saturated carbocycles. The van der Waals surface area contributed by atoms with Gasteiger partial charge in [0, 0.05) is 12.2 Å². The summed E-state index contributed by atoms with van der Waals surface area (Å²) in [5, 5.41) is 5.64. The summed E-state index contributed by atoms with van der Waals surface area (Å²) in [7, 11) is 0. The molecule has 1 aliphatic rings. The Hall–Kier alpha value is -2.10. The van der Waals surface area contributed by atoms with E-state index in [0.29, 0.717) is 6.54 Å². The summed E-state index contributed by atoms with van der Waals surface area (Å²) in [6, 6.07) is 5.75. The lowest BCUT2D eigenvalue weighted by Crippen LogP contribution is -2.29. The smallest absolute Gasteiger partial charge is 0.233 e. The zero-order valence-corrected chi connectivity index (χ0v) is 14.1. The van der Waals surface area contributed by atoms with Gasteiger partial charge in [0.05, 0.1) is 0 Å². The molecular formula is C19H26N2O2. The molecule has 4 nitrogen and oxygen atoms in total. The number of rotatable bonds is 6. The van der Waals surface area contributed by atoms with E-state index in [9.17, 15) is 9.59 Å². The van der Waals surface area contributed by atoms with Crippen molar-refractivity contribution in [3.63, 3.8) is 0 Å². The fraction of sp³-hybridized carbons (Fsp3) is 0.474. The molecule has 124 valence electrons. The number of hydrogen-bond acceptors (Lipinski definition) is 2. The number of nitrogens with one attached hydrogen (secondary N) is 2. The summed E-state index contributed by atoms with van der Waals surface area (Å²) in [6.07, 6.45) is 7.86. The van der Waals surface area contributed by atoms with Gasteiger partial charge in [-0.15, -0.1) is 0 Å². The van der Waals surface area contributed by atoms with Crippen molar-refractivity contribution >= 4 is 17.5 Å². The van der Waals surface area contributed by atoms with Gasteiger partial charge in [0.1, 0.15) is 6.42 Å². The molecule has 2 amide bonds. The molecular weight excluding hydrogens is 288 g/mol. The van der Waals surface area contributed by atoms with Crippen LogP contribution in [0.1, 0.15) is 49.7 Å².